The lowest BCUT2D eigenvalue weighted by Crippen LogP contribution is -2.03. The summed E-state index contributed by atoms with van der Waals surface area (Å²) in [6.45, 7) is 5.12. The summed E-state index contributed by atoms with van der Waals surface area (Å²) in [6.07, 6.45) is 5.23. The molecule has 2 heterocycles. The van der Waals surface area contributed by atoms with Crippen molar-refractivity contribution in [3.8, 4) is 0 Å². The van der Waals surface area contributed by atoms with E-state index >= 15 is 0 Å². The largest absolute Gasteiger partial charge is 0.363 e. The van der Waals surface area contributed by atoms with Gasteiger partial charge in [-0.15, -0.1) is 10.2 Å². The van der Waals surface area contributed by atoms with Gasteiger partial charge in [0.1, 0.15) is 6.33 Å². The van der Waals surface area contributed by atoms with E-state index in [1.807, 2.05) is 10.6 Å². The van der Waals surface area contributed by atoms with E-state index in [1.54, 1.807) is 12.5 Å². The highest BCUT2D eigenvalue weighted by atomic mass is 15.2. The zero-order chi connectivity index (χ0) is 13.9. The molecule has 3 aromatic rings. The maximum Gasteiger partial charge on any atom is 0.203 e. The zero-order valence-electron chi connectivity index (χ0n) is 11.6. The van der Waals surface area contributed by atoms with E-state index in [0.29, 0.717) is 5.92 Å². The van der Waals surface area contributed by atoms with Crippen LogP contribution in [0.2, 0.25) is 0 Å². The molecule has 0 radical (unpaired) electrons. The number of aromatic nitrogens is 4. The number of hydrogen-bond acceptors (Lipinski definition) is 4. The topological polar surface area (TPSA) is 55.1 Å². The quantitative estimate of drug-likeness (QED) is 0.789. The van der Waals surface area contributed by atoms with Crippen LogP contribution in [0.4, 0.5) is 5.82 Å². The van der Waals surface area contributed by atoms with Gasteiger partial charge in [-0.25, -0.2) is 4.98 Å². The number of anilines is 1. The first-order chi connectivity index (χ1) is 9.74. The number of hydrogen-bond donors (Lipinski definition) is 1. The molecule has 0 unspecified atom stereocenters. The fourth-order valence-electron chi connectivity index (χ4n) is 2.09. The lowest BCUT2D eigenvalue weighted by atomic mass is 10.0. The van der Waals surface area contributed by atoms with Crippen molar-refractivity contribution in [2.24, 2.45) is 0 Å². The predicted molar refractivity (Wildman–Crippen MR) is 78.6 cm³/mol. The van der Waals surface area contributed by atoms with Crippen LogP contribution in [-0.2, 0) is 6.54 Å². The monoisotopic (exact) mass is 267 g/mol. The van der Waals surface area contributed by atoms with E-state index in [-0.39, 0.29) is 0 Å². The maximum absolute atomic E-state index is 4.31. The van der Waals surface area contributed by atoms with E-state index in [2.05, 4.69) is 58.6 Å². The summed E-state index contributed by atoms with van der Waals surface area (Å²) < 4.78 is 1.84. The molecule has 0 aliphatic carbocycles. The minimum absolute atomic E-state index is 0.559. The second-order valence-corrected chi connectivity index (χ2v) is 5.09. The SMILES string of the molecule is CC(C)c1ccc(CNc2nccn3cnnc23)cc1. The van der Waals surface area contributed by atoms with Gasteiger partial charge in [0.15, 0.2) is 5.82 Å². The average Bonchev–Trinajstić information content (AvgIpc) is 2.94. The van der Waals surface area contributed by atoms with Gasteiger partial charge in [-0.2, -0.15) is 0 Å². The third-order valence-electron chi connectivity index (χ3n) is 3.32. The summed E-state index contributed by atoms with van der Waals surface area (Å²) in [4.78, 5) is 4.31. The highest BCUT2D eigenvalue weighted by molar-refractivity contribution is 5.61. The molecule has 0 saturated carbocycles. The highest BCUT2D eigenvalue weighted by Crippen LogP contribution is 2.16. The number of nitrogens with one attached hydrogen (secondary N) is 1. The van der Waals surface area contributed by atoms with E-state index in [1.165, 1.54) is 11.1 Å². The Kier molecular flexibility index (Phi) is 3.33. The Labute approximate surface area is 117 Å². The van der Waals surface area contributed by atoms with E-state index in [0.717, 1.165) is 18.0 Å². The van der Waals surface area contributed by atoms with Crippen LogP contribution in [0, 0.1) is 0 Å². The molecule has 0 aliphatic heterocycles. The van der Waals surface area contributed by atoms with Gasteiger partial charge >= 0.3 is 0 Å². The molecule has 1 N–H and O–H groups in total. The third kappa shape index (κ3) is 2.47. The van der Waals surface area contributed by atoms with Gasteiger partial charge in [0.2, 0.25) is 5.65 Å². The zero-order valence-corrected chi connectivity index (χ0v) is 11.6. The lowest BCUT2D eigenvalue weighted by molar-refractivity contribution is 0.865. The Balaban J connectivity index is 1.74. The molecule has 0 bridgehead atoms. The smallest absolute Gasteiger partial charge is 0.203 e. The van der Waals surface area contributed by atoms with E-state index in [4.69, 9.17) is 0 Å². The van der Waals surface area contributed by atoms with Gasteiger partial charge in [0, 0.05) is 18.9 Å². The lowest BCUT2D eigenvalue weighted by Gasteiger charge is -2.08. The van der Waals surface area contributed by atoms with Gasteiger partial charge in [-0.3, -0.25) is 4.40 Å². The van der Waals surface area contributed by atoms with Crippen molar-refractivity contribution < 1.29 is 0 Å². The summed E-state index contributed by atoms with van der Waals surface area (Å²) in [5.41, 5.74) is 3.32. The standard InChI is InChI=1S/C15H17N5/c1-11(2)13-5-3-12(4-6-13)9-17-14-15-19-18-10-20(15)8-7-16-14/h3-8,10-11H,9H2,1-2H3,(H,16,17). The first-order valence-electron chi connectivity index (χ1n) is 6.71. The van der Waals surface area contributed by atoms with Crippen molar-refractivity contribution in [2.45, 2.75) is 26.3 Å². The summed E-state index contributed by atoms with van der Waals surface area (Å²) in [7, 11) is 0. The van der Waals surface area contributed by atoms with Crippen LogP contribution >= 0.6 is 0 Å². The first-order valence-corrected chi connectivity index (χ1v) is 6.71. The Morgan fingerprint density at radius 1 is 1.20 bits per heavy atom. The summed E-state index contributed by atoms with van der Waals surface area (Å²) in [5, 5.41) is 11.2. The third-order valence-corrected chi connectivity index (χ3v) is 3.32. The molecule has 1 aromatic carbocycles. The van der Waals surface area contributed by atoms with Gasteiger partial charge in [-0.1, -0.05) is 38.1 Å². The molecule has 5 nitrogen and oxygen atoms in total. The van der Waals surface area contributed by atoms with Crippen molar-refractivity contribution in [1.82, 2.24) is 19.6 Å². The van der Waals surface area contributed by atoms with Crippen molar-refractivity contribution >= 4 is 11.5 Å². The normalized spacial score (nSPS) is 11.2. The molecule has 0 saturated heterocycles. The van der Waals surface area contributed by atoms with Crippen LogP contribution in [0.1, 0.15) is 30.9 Å². The molecule has 20 heavy (non-hydrogen) atoms. The number of nitrogens with zero attached hydrogens (tertiary/aromatic N) is 4. The van der Waals surface area contributed by atoms with Crippen molar-refractivity contribution in [1.29, 1.82) is 0 Å². The molecule has 102 valence electrons. The molecule has 0 aliphatic rings. The summed E-state index contributed by atoms with van der Waals surface area (Å²) in [6, 6.07) is 8.64. The molecule has 3 rings (SSSR count). The van der Waals surface area contributed by atoms with Crippen molar-refractivity contribution in [2.75, 3.05) is 5.32 Å². The van der Waals surface area contributed by atoms with E-state index in [9.17, 15) is 0 Å². The fourth-order valence-corrected chi connectivity index (χ4v) is 2.09. The molecule has 0 amide bonds. The van der Waals surface area contributed by atoms with Gasteiger partial charge in [0.25, 0.3) is 0 Å². The van der Waals surface area contributed by atoms with E-state index < -0.39 is 0 Å². The van der Waals surface area contributed by atoms with Gasteiger partial charge in [0.05, 0.1) is 0 Å². The van der Waals surface area contributed by atoms with Crippen LogP contribution in [-0.4, -0.2) is 19.6 Å². The molecule has 5 heteroatoms. The van der Waals surface area contributed by atoms with Gasteiger partial charge < -0.3 is 5.32 Å². The molecule has 0 spiro atoms. The number of benzene rings is 1. The van der Waals surface area contributed by atoms with Crippen molar-refractivity contribution in [3.63, 3.8) is 0 Å². The van der Waals surface area contributed by atoms with Crippen LogP contribution in [0.5, 0.6) is 0 Å². The van der Waals surface area contributed by atoms with Crippen LogP contribution in [0.3, 0.4) is 0 Å². The average molecular weight is 267 g/mol. The Morgan fingerprint density at radius 3 is 2.75 bits per heavy atom. The molecular weight excluding hydrogens is 250 g/mol. The predicted octanol–water partition coefficient (Wildman–Crippen LogP) is 2.86. The fraction of sp³-hybridized carbons (Fsp3) is 0.267. The number of fused-ring (bicyclic) bond motifs is 1. The molecular formula is C15H17N5. The molecule has 0 fully saturated rings. The van der Waals surface area contributed by atoms with Crippen LogP contribution in [0.15, 0.2) is 43.0 Å². The Hall–Kier alpha value is -2.43. The highest BCUT2D eigenvalue weighted by Gasteiger charge is 2.04. The second kappa shape index (κ2) is 5.28. The minimum atomic E-state index is 0.559. The maximum atomic E-state index is 4.31. The van der Waals surface area contributed by atoms with Crippen molar-refractivity contribution in [3.05, 3.63) is 54.1 Å². The van der Waals surface area contributed by atoms with Crippen LogP contribution < -0.4 is 5.32 Å². The summed E-state index contributed by atoms with van der Waals surface area (Å²) >= 11 is 0. The molecule has 2 aromatic heterocycles. The number of rotatable bonds is 4. The molecule has 0 atom stereocenters. The Morgan fingerprint density at radius 2 is 2.00 bits per heavy atom. The van der Waals surface area contributed by atoms with Gasteiger partial charge in [-0.05, 0) is 17.0 Å². The van der Waals surface area contributed by atoms with Crippen LogP contribution in [0.25, 0.3) is 5.65 Å². The minimum Gasteiger partial charge on any atom is -0.363 e. The Bertz CT molecular complexity index is 700. The summed E-state index contributed by atoms with van der Waals surface area (Å²) in [5.74, 6) is 1.31. The second-order valence-electron chi connectivity index (χ2n) is 5.09. The first kappa shape index (κ1) is 12.6.